The summed E-state index contributed by atoms with van der Waals surface area (Å²) in [7, 11) is 0. The molecule has 0 amide bonds. The monoisotopic (exact) mass is 197 g/mol. The molecule has 3 heteroatoms. The third kappa shape index (κ3) is 2.51. The molecule has 13 heavy (non-hydrogen) atoms. The number of thioether (sulfide) groups is 1. The first kappa shape index (κ1) is 9.16. The molecule has 2 atom stereocenters. The molecule has 1 fully saturated rings. The molecule has 2 N–H and O–H groups in total. The van der Waals surface area contributed by atoms with Crippen molar-refractivity contribution >= 4 is 11.8 Å². The third-order valence-electron chi connectivity index (χ3n) is 2.47. The van der Waals surface area contributed by atoms with Gasteiger partial charge in [-0.1, -0.05) is 0 Å². The SMILES string of the molecule is NC1CCC(SCc2ccco2)C1. The van der Waals surface area contributed by atoms with Crippen molar-refractivity contribution in [3.8, 4) is 0 Å². The molecule has 2 nitrogen and oxygen atoms in total. The van der Waals surface area contributed by atoms with E-state index in [4.69, 9.17) is 10.2 Å². The summed E-state index contributed by atoms with van der Waals surface area (Å²) in [6.07, 6.45) is 5.37. The third-order valence-corrected chi connectivity index (χ3v) is 3.82. The van der Waals surface area contributed by atoms with Crippen molar-refractivity contribution in [3.63, 3.8) is 0 Å². The highest BCUT2D eigenvalue weighted by Crippen LogP contribution is 2.31. The summed E-state index contributed by atoms with van der Waals surface area (Å²) in [5.41, 5.74) is 5.84. The molecule has 72 valence electrons. The molecule has 0 spiro atoms. The smallest absolute Gasteiger partial charge is 0.113 e. The molecule has 0 bridgehead atoms. The molecule has 0 aromatic carbocycles. The Morgan fingerprint density at radius 1 is 1.54 bits per heavy atom. The number of nitrogens with two attached hydrogens (primary N) is 1. The lowest BCUT2D eigenvalue weighted by molar-refractivity contribution is 0.530. The minimum Gasteiger partial charge on any atom is -0.468 e. The lowest BCUT2D eigenvalue weighted by Gasteiger charge is -2.06. The van der Waals surface area contributed by atoms with Gasteiger partial charge in [-0.3, -0.25) is 0 Å². The van der Waals surface area contributed by atoms with E-state index in [1.165, 1.54) is 19.3 Å². The summed E-state index contributed by atoms with van der Waals surface area (Å²) in [6.45, 7) is 0. The van der Waals surface area contributed by atoms with Crippen LogP contribution >= 0.6 is 11.8 Å². The first-order chi connectivity index (χ1) is 6.34. The average Bonchev–Trinajstić information content (AvgIpc) is 2.71. The van der Waals surface area contributed by atoms with Gasteiger partial charge in [0.1, 0.15) is 5.76 Å². The molecular weight excluding hydrogens is 182 g/mol. The summed E-state index contributed by atoms with van der Waals surface area (Å²) in [4.78, 5) is 0. The van der Waals surface area contributed by atoms with Crippen LogP contribution in [0, 0.1) is 0 Å². The van der Waals surface area contributed by atoms with Crippen LogP contribution in [-0.2, 0) is 5.75 Å². The molecule has 0 saturated heterocycles. The highest BCUT2D eigenvalue weighted by molar-refractivity contribution is 7.99. The molecule has 1 saturated carbocycles. The Bertz CT molecular complexity index is 247. The lowest BCUT2D eigenvalue weighted by Crippen LogP contribution is -2.15. The predicted octanol–water partition coefficient (Wildman–Crippen LogP) is 2.39. The van der Waals surface area contributed by atoms with Gasteiger partial charge in [0.05, 0.1) is 12.0 Å². The maximum atomic E-state index is 5.84. The van der Waals surface area contributed by atoms with Gasteiger partial charge in [-0.2, -0.15) is 11.8 Å². The fraction of sp³-hybridized carbons (Fsp3) is 0.600. The summed E-state index contributed by atoms with van der Waals surface area (Å²) in [5.74, 6) is 2.06. The van der Waals surface area contributed by atoms with Crippen LogP contribution in [0.5, 0.6) is 0 Å². The summed E-state index contributed by atoms with van der Waals surface area (Å²) in [6, 6.07) is 4.41. The van der Waals surface area contributed by atoms with Crippen LogP contribution in [-0.4, -0.2) is 11.3 Å². The van der Waals surface area contributed by atoms with Crippen molar-refractivity contribution < 1.29 is 4.42 Å². The lowest BCUT2D eigenvalue weighted by atomic mass is 10.3. The van der Waals surface area contributed by atoms with Crippen LogP contribution in [0.25, 0.3) is 0 Å². The maximum Gasteiger partial charge on any atom is 0.113 e. The fourth-order valence-electron chi connectivity index (χ4n) is 1.72. The number of hydrogen-bond donors (Lipinski definition) is 1. The highest BCUT2D eigenvalue weighted by atomic mass is 32.2. The van der Waals surface area contributed by atoms with E-state index in [-0.39, 0.29) is 0 Å². The van der Waals surface area contributed by atoms with E-state index in [1.807, 2.05) is 23.9 Å². The number of furan rings is 1. The van der Waals surface area contributed by atoms with Gasteiger partial charge in [0, 0.05) is 11.3 Å². The molecule has 1 aliphatic rings. The largest absolute Gasteiger partial charge is 0.468 e. The zero-order chi connectivity index (χ0) is 9.10. The molecule has 1 aromatic rings. The zero-order valence-electron chi connectivity index (χ0n) is 7.61. The van der Waals surface area contributed by atoms with E-state index in [0.717, 1.165) is 16.8 Å². The Morgan fingerprint density at radius 2 is 2.46 bits per heavy atom. The van der Waals surface area contributed by atoms with E-state index in [2.05, 4.69) is 0 Å². The van der Waals surface area contributed by atoms with Crippen LogP contribution in [0.2, 0.25) is 0 Å². The zero-order valence-corrected chi connectivity index (χ0v) is 8.43. The summed E-state index contributed by atoms with van der Waals surface area (Å²) in [5, 5.41) is 0.750. The van der Waals surface area contributed by atoms with Gasteiger partial charge in [-0.25, -0.2) is 0 Å². The molecule has 2 unspecified atom stereocenters. The minimum atomic E-state index is 0.439. The van der Waals surface area contributed by atoms with Gasteiger partial charge in [-0.05, 0) is 31.4 Å². The van der Waals surface area contributed by atoms with Gasteiger partial charge < -0.3 is 10.2 Å². The van der Waals surface area contributed by atoms with Gasteiger partial charge >= 0.3 is 0 Å². The molecular formula is C10H15NOS. The number of rotatable bonds is 3. The topological polar surface area (TPSA) is 39.2 Å². The molecule has 0 aliphatic heterocycles. The molecule has 2 rings (SSSR count). The average molecular weight is 197 g/mol. The first-order valence-electron chi connectivity index (χ1n) is 4.74. The van der Waals surface area contributed by atoms with Crippen LogP contribution in [0.3, 0.4) is 0 Å². The van der Waals surface area contributed by atoms with Gasteiger partial charge in [0.2, 0.25) is 0 Å². The normalized spacial score (nSPS) is 28.1. The second-order valence-electron chi connectivity index (χ2n) is 3.59. The number of hydrogen-bond acceptors (Lipinski definition) is 3. The molecule has 1 aromatic heterocycles. The predicted molar refractivity (Wildman–Crippen MR) is 55.6 cm³/mol. The van der Waals surface area contributed by atoms with Gasteiger partial charge in [0.15, 0.2) is 0 Å². The maximum absolute atomic E-state index is 5.84. The van der Waals surface area contributed by atoms with Crippen LogP contribution in [0.15, 0.2) is 22.8 Å². The van der Waals surface area contributed by atoms with Crippen molar-refractivity contribution in [1.82, 2.24) is 0 Å². The Morgan fingerprint density at radius 3 is 3.08 bits per heavy atom. The van der Waals surface area contributed by atoms with Crippen LogP contribution in [0.4, 0.5) is 0 Å². The van der Waals surface area contributed by atoms with Crippen molar-refractivity contribution in [2.45, 2.75) is 36.3 Å². The van der Waals surface area contributed by atoms with Crippen molar-refractivity contribution in [3.05, 3.63) is 24.2 Å². The van der Waals surface area contributed by atoms with Crippen molar-refractivity contribution in [1.29, 1.82) is 0 Å². The second kappa shape index (κ2) is 4.20. The van der Waals surface area contributed by atoms with E-state index in [0.29, 0.717) is 6.04 Å². The summed E-state index contributed by atoms with van der Waals surface area (Å²) < 4.78 is 5.27. The van der Waals surface area contributed by atoms with Crippen LogP contribution < -0.4 is 5.73 Å². The Kier molecular flexibility index (Phi) is 2.96. The highest BCUT2D eigenvalue weighted by Gasteiger charge is 2.21. The molecule has 1 heterocycles. The first-order valence-corrected chi connectivity index (χ1v) is 5.79. The Hall–Kier alpha value is -0.410. The molecule has 0 radical (unpaired) electrons. The fourth-order valence-corrected chi connectivity index (χ4v) is 2.97. The standard InChI is InChI=1S/C10H15NOS/c11-8-3-4-10(6-8)13-7-9-2-1-5-12-9/h1-2,5,8,10H,3-4,6-7,11H2. The quantitative estimate of drug-likeness (QED) is 0.808. The van der Waals surface area contributed by atoms with Crippen LogP contribution in [0.1, 0.15) is 25.0 Å². The second-order valence-corrected chi connectivity index (χ2v) is 4.87. The molecule has 1 aliphatic carbocycles. The van der Waals surface area contributed by atoms with Crippen molar-refractivity contribution in [2.75, 3.05) is 0 Å². The van der Waals surface area contributed by atoms with E-state index in [1.54, 1.807) is 6.26 Å². The Balaban J connectivity index is 1.74. The minimum absolute atomic E-state index is 0.439. The Labute approximate surface area is 82.9 Å². The van der Waals surface area contributed by atoms with E-state index in [9.17, 15) is 0 Å². The van der Waals surface area contributed by atoms with Gasteiger partial charge in [0.25, 0.3) is 0 Å². The van der Waals surface area contributed by atoms with Crippen molar-refractivity contribution in [2.24, 2.45) is 5.73 Å². The van der Waals surface area contributed by atoms with E-state index < -0.39 is 0 Å². The van der Waals surface area contributed by atoms with Gasteiger partial charge in [-0.15, -0.1) is 0 Å². The van der Waals surface area contributed by atoms with E-state index >= 15 is 0 Å². The summed E-state index contributed by atoms with van der Waals surface area (Å²) >= 11 is 1.97.